The number of carbonyl (C=O) groups is 2. The Bertz CT molecular complexity index is 1040. The minimum absolute atomic E-state index is 0.0717. The van der Waals surface area contributed by atoms with Gasteiger partial charge in [0.05, 0.1) is 11.6 Å². The van der Waals surface area contributed by atoms with Gasteiger partial charge in [-0.2, -0.15) is 0 Å². The third kappa shape index (κ3) is 2.69. The van der Waals surface area contributed by atoms with Crippen molar-refractivity contribution in [2.75, 3.05) is 13.6 Å². The lowest BCUT2D eigenvalue weighted by Crippen LogP contribution is -2.51. The summed E-state index contributed by atoms with van der Waals surface area (Å²) in [6, 6.07) is 10.4. The van der Waals surface area contributed by atoms with Gasteiger partial charge >= 0.3 is 5.76 Å². The fourth-order valence-corrected chi connectivity index (χ4v) is 3.26. The zero-order valence-corrected chi connectivity index (χ0v) is 14.2. The SMILES string of the molecule is CN1C(=O)c2cccn2CC1CNC(=O)Cn1c(=O)oc2ccccc21. The number of hydrogen-bond donors (Lipinski definition) is 1. The molecule has 0 bridgehead atoms. The molecule has 0 aliphatic carbocycles. The van der Waals surface area contributed by atoms with Crippen molar-refractivity contribution in [1.82, 2.24) is 19.4 Å². The molecule has 8 heteroatoms. The number of carbonyl (C=O) groups excluding carboxylic acids is 2. The summed E-state index contributed by atoms with van der Waals surface area (Å²) in [6.45, 7) is 0.789. The molecule has 2 aromatic heterocycles. The largest absolute Gasteiger partial charge is 0.420 e. The molecule has 1 aliphatic heterocycles. The Hall–Kier alpha value is -3.29. The minimum atomic E-state index is -0.566. The van der Waals surface area contributed by atoms with Gasteiger partial charge in [0.1, 0.15) is 12.2 Å². The highest BCUT2D eigenvalue weighted by Crippen LogP contribution is 2.16. The van der Waals surface area contributed by atoms with Crippen LogP contribution in [-0.4, -0.2) is 45.5 Å². The Morgan fingerprint density at radius 2 is 2.04 bits per heavy atom. The highest BCUT2D eigenvalue weighted by atomic mass is 16.4. The molecular weight excluding hydrogens is 336 g/mol. The van der Waals surface area contributed by atoms with Crippen LogP contribution in [0.1, 0.15) is 10.5 Å². The van der Waals surface area contributed by atoms with Crippen LogP contribution in [0.15, 0.2) is 51.8 Å². The van der Waals surface area contributed by atoms with E-state index in [4.69, 9.17) is 4.42 Å². The first-order valence-electron chi connectivity index (χ1n) is 8.32. The molecule has 1 unspecified atom stereocenters. The summed E-state index contributed by atoms with van der Waals surface area (Å²) >= 11 is 0. The second-order valence-electron chi connectivity index (χ2n) is 6.34. The summed E-state index contributed by atoms with van der Waals surface area (Å²) in [4.78, 5) is 38.2. The normalized spacial score (nSPS) is 16.7. The zero-order chi connectivity index (χ0) is 18.3. The Balaban J connectivity index is 1.44. The van der Waals surface area contributed by atoms with E-state index < -0.39 is 5.76 Å². The Labute approximate surface area is 148 Å². The van der Waals surface area contributed by atoms with E-state index >= 15 is 0 Å². The monoisotopic (exact) mass is 354 g/mol. The molecule has 0 radical (unpaired) electrons. The second-order valence-corrected chi connectivity index (χ2v) is 6.34. The maximum absolute atomic E-state index is 12.3. The zero-order valence-electron chi connectivity index (χ0n) is 14.2. The lowest BCUT2D eigenvalue weighted by Gasteiger charge is -2.33. The van der Waals surface area contributed by atoms with Gasteiger partial charge in [-0.15, -0.1) is 0 Å². The molecule has 3 heterocycles. The van der Waals surface area contributed by atoms with E-state index in [1.54, 1.807) is 42.3 Å². The van der Waals surface area contributed by atoms with E-state index in [9.17, 15) is 14.4 Å². The predicted molar refractivity (Wildman–Crippen MR) is 93.8 cm³/mol. The van der Waals surface area contributed by atoms with Crippen molar-refractivity contribution in [2.24, 2.45) is 0 Å². The number of hydrogen-bond acceptors (Lipinski definition) is 4. The van der Waals surface area contributed by atoms with Crippen molar-refractivity contribution in [1.29, 1.82) is 0 Å². The number of fused-ring (bicyclic) bond motifs is 2. The Morgan fingerprint density at radius 1 is 1.23 bits per heavy atom. The molecule has 4 rings (SSSR count). The van der Waals surface area contributed by atoms with Gasteiger partial charge in [0.2, 0.25) is 5.91 Å². The van der Waals surface area contributed by atoms with Gasteiger partial charge < -0.3 is 19.2 Å². The highest BCUT2D eigenvalue weighted by Gasteiger charge is 2.29. The van der Waals surface area contributed by atoms with Crippen molar-refractivity contribution in [3.63, 3.8) is 0 Å². The third-order valence-electron chi connectivity index (χ3n) is 4.73. The lowest BCUT2D eigenvalue weighted by molar-refractivity contribution is -0.121. The number of amides is 2. The first kappa shape index (κ1) is 16.2. The number of likely N-dealkylation sites (N-methyl/N-ethyl adjacent to an activating group) is 1. The molecule has 0 spiro atoms. The van der Waals surface area contributed by atoms with Crippen molar-refractivity contribution < 1.29 is 14.0 Å². The average Bonchev–Trinajstić information content (AvgIpc) is 3.22. The van der Waals surface area contributed by atoms with Gasteiger partial charge in [-0.25, -0.2) is 4.79 Å². The smallest absolute Gasteiger partial charge is 0.408 e. The molecule has 0 saturated carbocycles. The van der Waals surface area contributed by atoms with E-state index in [0.717, 1.165) is 0 Å². The van der Waals surface area contributed by atoms with Gasteiger partial charge in [0.15, 0.2) is 5.58 Å². The first-order valence-corrected chi connectivity index (χ1v) is 8.32. The minimum Gasteiger partial charge on any atom is -0.408 e. The van der Waals surface area contributed by atoms with Crippen LogP contribution in [0, 0.1) is 0 Å². The second kappa shape index (κ2) is 6.21. The Morgan fingerprint density at radius 3 is 2.88 bits per heavy atom. The van der Waals surface area contributed by atoms with Crippen LogP contribution in [0.4, 0.5) is 0 Å². The van der Waals surface area contributed by atoms with Crippen LogP contribution in [-0.2, 0) is 17.9 Å². The van der Waals surface area contributed by atoms with Gasteiger partial charge in [-0.1, -0.05) is 12.1 Å². The highest BCUT2D eigenvalue weighted by molar-refractivity contribution is 5.93. The van der Waals surface area contributed by atoms with E-state index in [1.165, 1.54) is 4.57 Å². The van der Waals surface area contributed by atoms with E-state index in [1.807, 2.05) is 16.8 Å². The summed E-state index contributed by atoms with van der Waals surface area (Å²) < 4.78 is 8.31. The van der Waals surface area contributed by atoms with E-state index in [0.29, 0.717) is 29.9 Å². The van der Waals surface area contributed by atoms with Crippen LogP contribution < -0.4 is 11.1 Å². The number of rotatable bonds is 4. The van der Waals surface area contributed by atoms with Crippen LogP contribution in [0.5, 0.6) is 0 Å². The van der Waals surface area contributed by atoms with Crippen molar-refractivity contribution >= 4 is 22.9 Å². The topological polar surface area (TPSA) is 89.5 Å². The molecule has 1 N–H and O–H groups in total. The fraction of sp³-hybridized carbons (Fsp3) is 0.278. The van der Waals surface area contributed by atoms with Gasteiger partial charge in [-0.3, -0.25) is 14.2 Å². The maximum Gasteiger partial charge on any atom is 0.420 e. The predicted octanol–water partition coefficient (Wildman–Crippen LogP) is 0.667. The van der Waals surface area contributed by atoms with Crippen molar-refractivity contribution in [3.05, 3.63) is 58.8 Å². The number of nitrogens with one attached hydrogen (secondary N) is 1. The number of aromatic nitrogens is 2. The standard InChI is InChI=1S/C18H18N4O4/c1-20-12(10-21-8-4-6-14(21)17(20)24)9-19-16(23)11-22-13-5-2-3-7-15(13)26-18(22)25/h2-8,12H,9-11H2,1H3,(H,19,23). The number of nitrogens with zero attached hydrogens (tertiary/aromatic N) is 3. The molecule has 134 valence electrons. The fourth-order valence-electron chi connectivity index (χ4n) is 3.26. The summed E-state index contributed by atoms with van der Waals surface area (Å²) in [5, 5.41) is 2.81. The van der Waals surface area contributed by atoms with Crippen LogP contribution >= 0.6 is 0 Å². The lowest BCUT2D eigenvalue weighted by atomic mass is 10.1. The molecule has 0 fully saturated rings. The molecule has 1 atom stereocenters. The molecule has 0 saturated heterocycles. The van der Waals surface area contributed by atoms with Crippen LogP contribution in [0.3, 0.4) is 0 Å². The number of benzene rings is 1. The third-order valence-corrected chi connectivity index (χ3v) is 4.73. The van der Waals surface area contributed by atoms with Crippen LogP contribution in [0.2, 0.25) is 0 Å². The van der Waals surface area contributed by atoms with Crippen LogP contribution in [0.25, 0.3) is 11.1 Å². The van der Waals surface area contributed by atoms with Crippen molar-refractivity contribution in [2.45, 2.75) is 19.1 Å². The molecule has 1 aliphatic rings. The molecule has 3 aromatic rings. The molecule has 26 heavy (non-hydrogen) atoms. The molecule has 8 nitrogen and oxygen atoms in total. The first-order chi connectivity index (χ1) is 12.5. The van der Waals surface area contributed by atoms with E-state index in [-0.39, 0.29) is 24.4 Å². The molecular formula is C18H18N4O4. The summed E-state index contributed by atoms with van der Waals surface area (Å²) in [7, 11) is 1.73. The maximum atomic E-state index is 12.3. The number of para-hydroxylation sites is 2. The summed E-state index contributed by atoms with van der Waals surface area (Å²) in [5.74, 6) is -0.946. The quantitative estimate of drug-likeness (QED) is 0.746. The average molecular weight is 354 g/mol. The molecule has 1 aromatic carbocycles. The van der Waals surface area contributed by atoms with Gasteiger partial charge in [-0.05, 0) is 24.3 Å². The summed E-state index contributed by atoms with van der Waals surface area (Å²) in [5.41, 5.74) is 1.67. The summed E-state index contributed by atoms with van der Waals surface area (Å²) in [6.07, 6.45) is 1.85. The van der Waals surface area contributed by atoms with E-state index in [2.05, 4.69) is 5.32 Å². The Kier molecular flexibility index (Phi) is 3.87. The van der Waals surface area contributed by atoms with Gasteiger partial charge in [0.25, 0.3) is 5.91 Å². The molecule has 2 amide bonds. The number of oxazole rings is 1. The van der Waals surface area contributed by atoms with Crippen molar-refractivity contribution in [3.8, 4) is 0 Å². The van der Waals surface area contributed by atoms with Gasteiger partial charge in [0, 0.05) is 26.3 Å².